The molecule has 0 aliphatic carbocycles. The van der Waals surface area contributed by atoms with Crippen LogP contribution in [0.15, 0.2) is 23.1 Å². The van der Waals surface area contributed by atoms with E-state index in [0.29, 0.717) is 19.0 Å². The average Bonchev–Trinajstić information content (AvgIpc) is 2.69. The van der Waals surface area contributed by atoms with Crippen LogP contribution in [0.2, 0.25) is 0 Å². The number of rotatable bonds is 2. The first-order valence-corrected chi connectivity index (χ1v) is 7.36. The van der Waals surface area contributed by atoms with E-state index in [0.717, 1.165) is 16.4 Å². The molecule has 1 saturated heterocycles. The van der Waals surface area contributed by atoms with Gasteiger partial charge in [0.1, 0.15) is 16.5 Å². The summed E-state index contributed by atoms with van der Waals surface area (Å²) >= 11 is 3.30. The molecule has 0 amide bonds. The third-order valence-corrected chi connectivity index (χ3v) is 5.23. The lowest BCUT2D eigenvalue weighted by atomic mass is 10.3. The second kappa shape index (κ2) is 4.62. The zero-order valence-corrected chi connectivity index (χ0v) is 11.1. The summed E-state index contributed by atoms with van der Waals surface area (Å²) in [5.74, 6) is -1.69. The summed E-state index contributed by atoms with van der Waals surface area (Å²) in [6.45, 7) is 0.590. The first kappa shape index (κ1) is 12.9. The molecule has 1 aromatic carbocycles. The monoisotopic (exact) mass is 325 g/mol. The highest BCUT2D eigenvalue weighted by atomic mass is 79.9. The van der Waals surface area contributed by atoms with Crippen molar-refractivity contribution < 1.29 is 17.2 Å². The molecule has 1 aliphatic heterocycles. The zero-order chi connectivity index (χ0) is 12.6. The quantitative estimate of drug-likeness (QED) is 0.781. The minimum Gasteiger partial charge on any atom is -0.207 e. The zero-order valence-electron chi connectivity index (χ0n) is 8.74. The molecule has 1 aromatic rings. The fourth-order valence-corrected chi connectivity index (χ4v) is 4.04. The van der Waals surface area contributed by atoms with E-state index in [9.17, 15) is 17.2 Å². The molecule has 0 radical (unpaired) electrons. The van der Waals surface area contributed by atoms with E-state index < -0.39 is 26.6 Å². The van der Waals surface area contributed by atoms with E-state index in [1.807, 2.05) is 0 Å². The van der Waals surface area contributed by atoms with Gasteiger partial charge >= 0.3 is 0 Å². The number of sulfonamides is 1. The molecule has 1 heterocycles. The molecule has 0 saturated carbocycles. The van der Waals surface area contributed by atoms with Crippen LogP contribution in [0.1, 0.15) is 6.42 Å². The molecule has 17 heavy (non-hydrogen) atoms. The fourth-order valence-electron chi connectivity index (χ4n) is 1.72. The molecule has 1 aliphatic rings. The van der Waals surface area contributed by atoms with Crippen LogP contribution in [0.4, 0.5) is 8.78 Å². The van der Waals surface area contributed by atoms with E-state index in [2.05, 4.69) is 15.9 Å². The molecule has 1 unspecified atom stereocenters. The topological polar surface area (TPSA) is 37.4 Å². The van der Waals surface area contributed by atoms with Crippen LogP contribution in [0.25, 0.3) is 0 Å². The first-order valence-electron chi connectivity index (χ1n) is 5.00. The van der Waals surface area contributed by atoms with E-state index >= 15 is 0 Å². The summed E-state index contributed by atoms with van der Waals surface area (Å²) in [7, 11) is -3.94. The second-order valence-corrected chi connectivity index (χ2v) is 7.03. The molecule has 2 rings (SSSR count). The first-order chi connectivity index (χ1) is 7.91. The van der Waals surface area contributed by atoms with Crippen LogP contribution in [0.5, 0.6) is 0 Å². The van der Waals surface area contributed by atoms with Gasteiger partial charge in [0.25, 0.3) is 0 Å². The summed E-state index contributed by atoms with van der Waals surface area (Å²) in [6, 6.07) is 2.43. The van der Waals surface area contributed by atoms with Gasteiger partial charge in [0.2, 0.25) is 10.0 Å². The Kier molecular flexibility index (Phi) is 3.51. The van der Waals surface area contributed by atoms with Gasteiger partial charge in [0, 0.05) is 17.9 Å². The maximum Gasteiger partial charge on any atom is 0.246 e. The molecule has 7 heteroatoms. The van der Waals surface area contributed by atoms with Crippen molar-refractivity contribution in [1.82, 2.24) is 4.31 Å². The largest absolute Gasteiger partial charge is 0.246 e. The van der Waals surface area contributed by atoms with Crippen molar-refractivity contribution >= 4 is 26.0 Å². The molecule has 3 nitrogen and oxygen atoms in total. The van der Waals surface area contributed by atoms with Crippen LogP contribution in [0.3, 0.4) is 0 Å². The predicted octanol–water partition coefficient (Wildman–Crippen LogP) is 2.12. The third-order valence-electron chi connectivity index (χ3n) is 2.60. The Balaban J connectivity index is 2.41. The maximum absolute atomic E-state index is 13.4. The van der Waals surface area contributed by atoms with Crippen molar-refractivity contribution in [2.45, 2.75) is 16.1 Å². The van der Waals surface area contributed by atoms with Crippen LogP contribution in [0, 0.1) is 11.6 Å². The number of nitrogens with zero attached hydrogens (tertiary/aromatic N) is 1. The highest BCUT2D eigenvalue weighted by Gasteiger charge is 2.33. The van der Waals surface area contributed by atoms with E-state index in [1.54, 1.807) is 0 Å². The van der Waals surface area contributed by atoms with Gasteiger partial charge in [0.05, 0.1) is 0 Å². The molecule has 0 spiro atoms. The van der Waals surface area contributed by atoms with E-state index in [-0.39, 0.29) is 11.4 Å². The smallest absolute Gasteiger partial charge is 0.207 e. The molecule has 0 N–H and O–H groups in total. The molecular weight excluding hydrogens is 316 g/mol. The Labute approximate surface area is 107 Å². The van der Waals surface area contributed by atoms with Crippen molar-refractivity contribution in [1.29, 1.82) is 0 Å². The van der Waals surface area contributed by atoms with Gasteiger partial charge in [-0.2, -0.15) is 4.31 Å². The lowest BCUT2D eigenvalue weighted by Gasteiger charge is -2.16. The van der Waals surface area contributed by atoms with E-state index in [1.165, 1.54) is 0 Å². The Hall–Kier alpha value is -0.530. The van der Waals surface area contributed by atoms with Gasteiger partial charge in [-0.05, 0) is 24.6 Å². The SMILES string of the molecule is O=S(=O)(c1cc(F)ccc1F)N1CCC(Br)C1. The van der Waals surface area contributed by atoms with Crippen molar-refractivity contribution in [2.24, 2.45) is 0 Å². The third kappa shape index (κ3) is 2.51. The summed E-state index contributed by atoms with van der Waals surface area (Å²) < 4.78 is 51.7. The fraction of sp³-hybridized carbons (Fsp3) is 0.400. The average molecular weight is 326 g/mol. The standard InChI is InChI=1S/C10H10BrF2NO2S/c11-7-3-4-14(6-7)17(15,16)10-5-8(12)1-2-9(10)13/h1-2,5,7H,3-4,6H2. The van der Waals surface area contributed by atoms with Crippen molar-refractivity contribution in [2.75, 3.05) is 13.1 Å². The Morgan fingerprint density at radius 1 is 1.35 bits per heavy atom. The summed E-state index contributed by atoms with van der Waals surface area (Å²) in [6.07, 6.45) is 0.663. The predicted molar refractivity (Wildman–Crippen MR) is 62.4 cm³/mol. The number of hydrogen-bond donors (Lipinski definition) is 0. The summed E-state index contributed by atoms with van der Waals surface area (Å²) in [5.41, 5.74) is 0. The van der Waals surface area contributed by atoms with Gasteiger partial charge in [0.15, 0.2) is 0 Å². The summed E-state index contributed by atoms with van der Waals surface area (Å²) in [4.78, 5) is -0.534. The van der Waals surface area contributed by atoms with Gasteiger partial charge < -0.3 is 0 Å². The summed E-state index contributed by atoms with van der Waals surface area (Å²) in [5, 5.41) is 0. The van der Waals surface area contributed by atoms with Crippen LogP contribution < -0.4 is 0 Å². The minimum atomic E-state index is -3.94. The van der Waals surface area contributed by atoms with Crippen molar-refractivity contribution in [3.05, 3.63) is 29.8 Å². The van der Waals surface area contributed by atoms with Gasteiger partial charge in [-0.25, -0.2) is 17.2 Å². The Morgan fingerprint density at radius 2 is 2.06 bits per heavy atom. The van der Waals surface area contributed by atoms with Crippen molar-refractivity contribution in [3.63, 3.8) is 0 Å². The molecule has 94 valence electrons. The highest BCUT2D eigenvalue weighted by Crippen LogP contribution is 2.26. The lowest BCUT2D eigenvalue weighted by Crippen LogP contribution is -2.29. The number of hydrogen-bond acceptors (Lipinski definition) is 2. The van der Waals surface area contributed by atoms with Crippen LogP contribution >= 0.6 is 15.9 Å². The normalized spacial score (nSPS) is 21.9. The molecule has 1 atom stereocenters. The Morgan fingerprint density at radius 3 is 2.65 bits per heavy atom. The number of alkyl halides is 1. The Bertz CT molecular complexity index is 535. The van der Waals surface area contributed by atoms with Gasteiger partial charge in [-0.15, -0.1) is 0 Å². The van der Waals surface area contributed by atoms with Gasteiger partial charge in [-0.3, -0.25) is 0 Å². The van der Waals surface area contributed by atoms with Crippen LogP contribution in [-0.2, 0) is 10.0 Å². The molecule has 0 bridgehead atoms. The van der Waals surface area contributed by atoms with Gasteiger partial charge in [-0.1, -0.05) is 15.9 Å². The van der Waals surface area contributed by atoms with Crippen molar-refractivity contribution in [3.8, 4) is 0 Å². The molecule has 1 fully saturated rings. The molecular formula is C10H10BrF2NO2S. The second-order valence-electron chi connectivity index (χ2n) is 3.82. The number of halogens is 3. The van der Waals surface area contributed by atoms with Crippen LogP contribution in [-0.4, -0.2) is 30.6 Å². The lowest BCUT2D eigenvalue weighted by molar-refractivity contribution is 0.468. The van der Waals surface area contributed by atoms with E-state index in [4.69, 9.17) is 0 Å². The maximum atomic E-state index is 13.4. The molecule has 0 aromatic heterocycles. The number of benzene rings is 1. The minimum absolute atomic E-state index is 0.0638. The highest BCUT2D eigenvalue weighted by molar-refractivity contribution is 9.09.